The minimum Gasteiger partial charge on any atom is -0.489 e. The van der Waals surface area contributed by atoms with Crippen LogP contribution in [0.3, 0.4) is 0 Å². The van der Waals surface area contributed by atoms with Crippen molar-refractivity contribution in [1.29, 1.82) is 0 Å². The van der Waals surface area contributed by atoms with Gasteiger partial charge in [-0.3, -0.25) is 9.69 Å². The van der Waals surface area contributed by atoms with Crippen LogP contribution in [-0.4, -0.2) is 35.0 Å². The number of aliphatic imine (C=N–C) groups is 1. The first-order valence-electron chi connectivity index (χ1n) is 13.5. The predicted octanol–water partition coefficient (Wildman–Crippen LogP) is 6.61. The number of allylic oxidation sites excluding steroid dienone is 1. The van der Waals surface area contributed by atoms with E-state index in [0.29, 0.717) is 23.7 Å². The molecular weight excluding hydrogens is 517 g/mol. The number of amidine groups is 1. The maximum absolute atomic E-state index is 13.7. The number of unbranched alkanes of at least 4 members (excludes halogenated alkanes) is 1. The number of carbonyl (C=O) groups is 1. The van der Waals surface area contributed by atoms with Crippen LogP contribution in [0, 0.1) is 0 Å². The molecule has 2 aromatic carbocycles. The van der Waals surface area contributed by atoms with Crippen molar-refractivity contribution >= 4 is 17.4 Å². The van der Waals surface area contributed by atoms with Gasteiger partial charge in [0, 0.05) is 23.9 Å². The average Bonchev–Trinajstić information content (AvgIpc) is 3.56. The van der Waals surface area contributed by atoms with Crippen molar-refractivity contribution in [2.45, 2.75) is 64.5 Å². The van der Waals surface area contributed by atoms with Crippen molar-refractivity contribution in [1.82, 2.24) is 4.90 Å². The Morgan fingerprint density at radius 2 is 1.85 bits per heavy atom. The van der Waals surface area contributed by atoms with E-state index >= 15 is 0 Å². The number of rotatable bonds is 11. The molecule has 2 unspecified atom stereocenters. The molecule has 1 aliphatic heterocycles. The van der Waals surface area contributed by atoms with Gasteiger partial charge in [0.05, 0.1) is 12.1 Å². The van der Waals surface area contributed by atoms with Crippen LogP contribution in [0.4, 0.5) is 18.9 Å². The van der Waals surface area contributed by atoms with Crippen molar-refractivity contribution < 1.29 is 22.7 Å². The molecule has 1 amide bonds. The van der Waals surface area contributed by atoms with Gasteiger partial charge >= 0.3 is 6.18 Å². The standard InChI is InChI=1S/C31H35F3N4O2/c1-4-6-10-26(19-35)40-25-15-13-24(14-16-25)36-30(18-21(30)3)37-29-22(5-2)12-17-28(39)38(29)20-23-9-7-8-11-27(23)31(32,33)34/h5,7-9,11-18,26,36H,4,6,10,19-20,35H2,1-3H3/b22-5-,37-29+. The minimum absolute atomic E-state index is 0.00500. The van der Waals surface area contributed by atoms with Gasteiger partial charge in [0.1, 0.15) is 17.7 Å². The Balaban J connectivity index is 1.59. The molecule has 1 heterocycles. The first kappa shape index (κ1) is 29.1. The topological polar surface area (TPSA) is 80.0 Å². The van der Waals surface area contributed by atoms with E-state index < -0.39 is 23.3 Å². The number of halogens is 3. The van der Waals surface area contributed by atoms with Gasteiger partial charge in [-0.2, -0.15) is 13.2 Å². The van der Waals surface area contributed by atoms with E-state index in [4.69, 9.17) is 15.5 Å². The Hall–Kier alpha value is -3.85. The SMILES string of the molecule is C/C=C1/C=CC(=O)N(Cc2ccccc2C(F)(F)F)/C1=N/C1(Nc2ccc(OC(CN)CCCC)cc2)C=C1C. The summed E-state index contributed by atoms with van der Waals surface area (Å²) in [6.45, 7) is 6.01. The van der Waals surface area contributed by atoms with Crippen LogP contribution in [0.25, 0.3) is 0 Å². The molecule has 1 aliphatic carbocycles. The van der Waals surface area contributed by atoms with Gasteiger partial charge < -0.3 is 15.8 Å². The lowest BCUT2D eigenvalue weighted by Gasteiger charge is -2.30. The van der Waals surface area contributed by atoms with Gasteiger partial charge in [-0.25, -0.2) is 4.99 Å². The predicted molar refractivity (Wildman–Crippen MR) is 152 cm³/mol. The summed E-state index contributed by atoms with van der Waals surface area (Å²) < 4.78 is 47.1. The number of benzene rings is 2. The Morgan fingerprint density at radius 1 is 1.15 bits per heavy atom. The fourth-order valence-corrected chi connectivity index (χ4v) is 4.61. The molecule has 0 radical (unpaired) electrons. The quantitative estimate of drug-likeness (QED) is 0.307. The van der Waals surface area contributed by atoms with Gasteiger partial charge in [-0.05, 0) is 80.3 Å². The second-order valence-corrected chi connectivity index (χ2v) is 9.95. The monoisotopic (exact) mass is 552 g/mol. The summed E-state index contributed by atoms with van der Waals surface area (Å²) in [5.74, 6) is 0.578. The normalized spacial score (nSPS) is 21.5. The second-order valence-electron chi connectivity index (χ2n) is 9.95. The van der Waals surface area contributed by atoms with Gasteiger partial charge in [0.15, 0.2) is 5.66 Å². The molecule has 2 aromatic rings. The van der Waals surface area contributed by atoms with Crippen LogP contribution in [0.1, 0.15) is 51.2 Å². The number of anilines is 1. The molecule has 212 valence electrons. The number of alkyl halides is 3. The highest BCUT2D eigenvalue weighted by Gasteiger charge is 2.43. The highest BCUT2D eigenvalue weighted by molar-refractivity contribution is 6.15. The number of hydrogen-bond donors (Lipinski definition) is 2. The molecule has 0 bridgehead atoms. The van der Waals surface area contributed by atoms with E-state index in [0.717, 1.165) is 36.6 Å². The molecule has 2 atom stereocenters. The molecule has 3 N–H and O–H groups in total. The molecule has 0 saturated heterocycles. The Labute approximate surface area is 233 Å². The summed E-state index contributed by atoms with van der Waals surface area (Å²) in [7, 11) is 0. The van der Waals surface area contributed by atoms with Gasteiger partial charge in [0.2, 0.25) is 0 Å². The van der Waals surface area contributed by atoms with Crippen LogP contribution < -0.4 is 15.8 Å². The highest BCUT2D eigenvalue weighted by atomic mass is 19.4. The van der Waals surface area contributed by atoms with Gasteiger partial charge in [-0.1, -0.05) is 37.6 Å². The van der Waals surface area contributed by atoms with E-state index in [2.05, 4.69) is 12.2 Å². The lowest BCUT2D eigenvalue weighted by atomic mass is 10.0. The fraction of sp³-hybridized carbons (Fsp3) is 0.355. The summed E-state index contributed by atoms with van der Waals surface area (Å²) in [4.78, 5) is 19.2. The molecule has 0 saturated carbocycles. The third-order valence-electron chi connectivity index (χ3n) is 7.01. The molecular formula is C31H35F3N4O2. The zero-order chi connectivity index (χ0) is 28.9. The third-order valence-corrected chi connectivity index (χ3v) is 7.01. The Morgan fingerprint density at radius 3 is 2.45 bits per heavy atom. The third kappa shape index (κ3) is 6.65. The summed E-state index contributed by atoms with van der Waals surface area (Å²) in [6, 6.07) is 12.8. The number of nitrogens with zero attached hydrogens (tertiary/aromatic N) is 2. The second kappa shape index (κ2) is 12.1. The maximum atomic E-state index is 13.7. The van der Waals surface area contributed by atoms with Crippen LogP contribution in [-0.2, 0) is 17.5 Å². The maximum Gasteiger partial charge on any atom is 0.416 e. The van der Waals surface area contributed by atoms with E-state index in [-0.39, 0.29) is 18.2 Å². The minimum atomic E-state index is -4.54. The van der Waals surface area contributed by atoms with Crippen molar-refractivity contribution in [3.8, 4) is 5.75 Å². The number of ether oxygens (including phenoxy) is 1. The zero-order valence-electron chi connectivity index (χ0n) is 23.0. The lowest BCUT2D eigenvalue weighted by molar-refractivity contribution is -0.138. The lowest BCUT2D eigenvalue weighted by Crippen LogP contribution is -2.41. The van der Waals surface area contributed by atoms with E-state index in [1.807, 2.05) is 37.3 Å². The molecule has 6 nitrogen and oxygen atoms in total. The number of nitrogens with one attached hydrogen (secondary N) is 1. The van der Waals surface area contributed by atoms with Crippen molar-refractivity contribution in [2.24, 2.45) is 10.7 Å². The molecule has 2 aliphatic rings. The highest BCUT2D eigenvalue weighted by Crippen LogP contribution is 2.41. The van der Waals surface area contributed by atoms with Gasteiger partial charge in [0.25, 0.3) is 5.91 Å². The first-order valence-corrected chi connectivity index (χ1v) is 13.5. The smallest absolute Gasteiger partial charge is 0.416 e. The van der Waals surface area contributed by atoms with Crippen LogP contribution >= 0.6 is 0 Å². The van der Waals surface area contributed by atoms with Gasteiger partial charge in [-0.15, -0.1) is 0 Å². The fourth-order valence-electron chi connectivity index (χ4n) is 4.61. The summed E-state index contributed by atoms with van der Waals surface area (Å²) in [6.07, 6.45) is 5.10. The number of carbonyl (C=O) groups excluding carboxylic acids is 1. The number of amides is 1. The van der Waals surface area contributed by atoms with E-state index in [1.54, 1.807) is 19.1 Å². The van der Waals surface area contributed by atoms with E-state index in [1.165, 1.54) is 29.2 Å². The number of nitrogens with two attached hydrogens (primary N) is 1. The van der Waals surface area contributed by atoms with Crippen LogP contribution in [0.2, 0.25) is 0 Å². The first-order chi connectivity index (χ1) is 19.1. The largest absolute Gasteiger partial charge is 0.489 e. The summed E-state index contributed by atoms with van der Waals surface area (Å²) in [5.41, 5.74) is 6.51. The zero-order valence-corrected chi connectivity index (χ0v) is 23.0. The molecule has 4 rings (SSSR count). The number of hydrogen-bond acceptors (Lipinski definition) is 5. The summed E-state index contributed by atoms with van der Waals surface area (Å²) >= 11 is 0. The molecule has 0 fully saturated rings. The van der Waals surface area contributed by atoms with Crippen molar-refractivity contribution in [3.63, 3.8) is 0 Å². The average molecular weight is 553 g/mol. The van der Waals surface area contributed by atoms with Crippen LogP contribution in [0.5, 0.6) is 5.75 Å². The Bertz CT molecular complexity index is 1350. The molecule has 0 spiro atoms. The van der Waals surface area contributed by atoms with E-state index in [9.17, 15) is 18.0 Å². The Kier molecular flexibility index (Phi) is 8.83. The molecule has 0 aromatic heterocycles. The molecule has 40 heavy (non-hydrogen) atoms. The molecule has 9 heteroatoms. The summed E-state index contributed by atoms with van der Waals surface area (Å²) in [5, 5.41) is 3.41. The van der Waals surface area contributed by atoms with Crippen LogP contribution in [0.15, 0.2) is 89.0 Å². The van der Waals surface area contributed by atoms with Crippen molar-refractivity contribution in [3.05, 3.63) is 95.1 Å². The van der Waals surface area contributed by atoms with Crippen molar-refractivity contribution in [2.75, 3.05) is 11.9 Å².